The highest BCUT2D eigenvalue weighted by atomic mass is 16.1. The number of hydrogen-bond donors (Lipinski definition) is 0. The Hall–Kier alpha value is -3.17. The van der Waals surface area contributed by atoms with Crippen molar-refractivity contribution in [2.75, 3.05) is 13.6 Å². The molecule has 3 rings (SSSR count). The summed E-state index contributed by atoms with van der Waals surface area (Å²) in [6.45, 7) is 5.28. The number of rotatable bonds is 7. The van der Waals surface area contributed by atoms with Crippen molar-refractivity contribution in [1.29, 1.82) is 0 Å². The van der Waals surface area contributed by atoms with Crippen LogP contribution in [0.4, 0.5) is 0 Å². The molecule has 0 radical (unpaired) electrons. The molecule has 0 atom stereocenters. The first-order valence-electron chi connectivity index (χ1n) is 9.96. The number of hydrogen-bond acceptors (Lipinski definition) is 2. The van der Waals surface area contributed by atoms with Crippen LogP contribution >= 0.6 is 0 Å². The van der Waals surface area contributed by atoms with Gasteiger partial charge >= 0.3 is 0 Å². The highest BCUT2D eigenvalue weighted by molar-refractivity contribution is 5.69. The molecular weight excluding hydrogens is 356 g/mol. The molecule has 148 valence electrons. The summed E-state index contributed by atoms with van der Waals surface area (Å²) in [6.07, 6.45) is 10.1. The summed E-state index contributed by atoms with van der Waals surface area (Å²) >= 11 is 0. The molecule has 0 aliphatic carbocycles. The second-order valence-corrected chi connectivity index (χ2v) is 7.44. The average Bonchev–Trinajstić information content (AvgIpc) is 2.73. The maximum atomic E-state index is 12.6. The van der Waals surface area contributed by atoms with Gasteiger partial charge in [-0.25, -0.2) is 0 Å². The van der Waals surface area contributed by atoms with Gasteiger partial charge in [-0.3, -0.25) is 9.36 Å². The lowest BCUT2D eigenvalue weighted by atomic mass is 10.1. The molecule has 0 fully saturated rings. The van der Waals surface area contributed by atoms with E-state index in [0.717, 1.165) is 28.9 Å². The van der Waals surface area contributed by atoms with Crippen molar-refractivity contribution in [1.82, 2.24) is 9.47 Å². The van der Waals surface area contributed by atoms with Gasteiger partial charge in [0.15, 0.2) is 0 Å². The van der Waals surface area contributed by atoms with Crippen molar-refractivity contribution in [2.45, 2.75) is 19.9 Å². The van der Waals surface area contributed by atoms with Gasteiger partial charge in [0, 0.05) is 30.5 Å². The van der Waals surface area contributed by atoms with E-state index in [1.54, 1.807) is 10.6 Å². The first kappa shape index (κ1) is 20.6. The third-order valence-electron chi connectivity index (χ3n) is 4.97. The van der Waals surface area contributed by atoms with Gasteiger partial charge in [0.2, 0.25) is 0 Å². The van der Waals surface area contributed by atoms with Gasteiger partial charge in [0.1, 0.15) is 0 Å². The van der Waals surface area contributed by atoms with E-state index in [-0.39, 0.29) is 5.56 Å². The second kappa shape index (κ2) is 9.85. The quantitative estimate of drug-likeness (QED) is 0.548. The molecule has 0 bridgehead atoms. The Morgan fingerprint density at radius 1 is 0.862 bits per heavy atom. The summed E-state index contributed by atoms with van der Waals surface area (Å²) in [7, 11) is 2.11. The Bertz CT molecular complexity index is 1030. The molecule has 0 amide bonds. The van der Waals surface area contributed by atoms with Crippen molar-refractivity contribution in [2.24, 2.45) is 0 Å². The normalized spacial score (nSPS) is 11.9. The molecule has 0 aliphatic heterocycles. The SMILES string of the molecule is CC(C)N(C)CC=Cc1ccc(-n2ccc(C=Cc3ccccc3)cc2=O)cc1. The maximum absolute atomic E-state index is 12.6. The second-order valence-electron chi connectivity index (χ2n) is 7.44. The molecule has 0 unspecified atom stereocenters. The highest BCUT2D eigenvalue weighted by Crippen LogP contribution is 2.11. The lowest BCUT2D eigenvalue weighted by Gasteiger charge is -2.18. The molecule has 2 aromatic carbocycles. The largest absolute Gasteiger partial charge is 0.300 e. The molecule has 3 nitrogen and oxygen atoms in total. The van der Waals surface area contributed by atoms with Crippen LogP contribution in [0.15, 0.2) is 83.8 Å². The lowest BCUT2D eigenvalue weighted by Crippen LogP contribution is -2.26. The summed E-state index contributed by atoms with van der Waals surface area (Å²) in [5.74, 6) is 0. The number of nitrogens with zero attached hydrogens (tertiary/aromatic N) is 2. The van der Waals surface area contributed by atoms with Crippen LogP contribution in [-0.4, -0.2) is 29.1 Å². The minimum Gasteiger partial charge on any atom is -0.300 e. The number of likely N-dealkylation sites (N-methyl/N-ethyl adjacent to an activating group) is 1. The number of pyridine rings is 1. The Morgan fingerprint density at radius 3 is 2.17 bits per heavy atom. The topological polar surface area (TPSA) is 25.2 Å². The molecule has 0 spiro atoms. The average molecular weight is 385 g/mol. The Morgan fingerprint density at radius 2 is 1.52 bits per heavy atom. The van der Waals surface area contributed by atoms with Crippen LogP contribution in [0.2, 0.25) is 0 Å². The summed E-state index contributed by atoms with van der Waals surface area (Å²) < 4.78 is 1.67. The van der Waals surface area contributed by atoms with E-state index in [2.05, 4.69) is 37.9 Å². The summed E-state index contributed by atoms with van der Waals surface area (Å²) in [5.41, 5.74) is 3.96. The zero-order chi connectivity index (χ0) is 20.6. The molecule has 3 aromatic rings. The fourth-order valence-electron chi connectivity index (χ4n) is 2.88. The molecule has 0 aliphatic rings. The van der Waals surface area contributed by atoms with E-state index < -0.39 is 0 Å². The van der Waals surface area contributed by atoms with Gasteiger partial charge < -0.3 is 4.90 Å². The Balaban J connectivity index is 1.70. The van der Waals surface area contributed by atoms with E-state index in [9.17, 15) is 4.79 Å². The van der Waals surface area contributed by atoms with Crippen molar-refractivity contribution in [3.8, 4) is 5.69 Å². The van der Waals surface area contributed by atoms with Gasteiger partial charge in [-0.1, -0.05) is 66.8 Å². The molecule has 0 N–H and O–H groups in total. The van der Waals surface area contributed by atoms with Crippen LogP contribution in [-0.2, 0) is 0 Å². The van der Waals surface area contributed by atoms with E-state index >= 15 is 0 Å². The monoisotopic (exact) mass is 384 g/mol. The van der Waals surface area contributed by atoms with Crippen LogP contribution in [0.5, 0.6) is 0 Å². The molecule has 29 heavy (non-hydrogen) atoms. The fourth-order valence-corrected chi connectivity index (χ4v) is 2.88. The van der Waals surface area contributed by atoms with Crippen LogP contribution in [0.1, 0.15) is 30.5 Å². The summed E-state index contributed by atoms with van der Waals surface area (Å²) in [6, 6.07) is 22.2. The van der Waals surface area contributed by atoms with Crippen LogP contribution in [0, 0.1) is 0 Å². The number of aromatic nitrogens is 1. The highest BCUT2D eigenvalue weighted by Gasteiger charge is 2.01. The predicted molar refractivity (Wildman–Crippen MR) is 124 cm³/mol. The van der Waals surface area contributed by atoms with Gasteiger partial charge in [-0.2, -0.15) is 0 Å². The zero-order valence-electron chi connectivity index (χ0n) is 17.3. The van der Waals surface area contributed by atoms with Crippen molar-refractivity contribution in [3.63, 3.8) is 0 Å². The predicted octanol–water partition coefficient (Wildman–Crippen LogP) is 5.36. The van der Waals surface area contributed by atoms with Crippen LogP contribution < -0.4 is 5.56 Å². The van der Waals surface area contributed by atoms with E-state index in [1.807, 2.05) is 79.0 Å². The molecular formula is C26H28N2O. The van der Waals surface area contributed by atoms with Crippen LogP contribution in [0.25, 0.3) is 23.9 Å². The number of benzene rings is 2. The van der Waals surface area contributed by atoms with Crippen molar-refractivity contribution in [3.05, 3.63) is 106 Å². The molecule has 1 aromatic heterocycles. The fraction of sp³-hybridized carbons (Fsp3) is 0.192. The third-order valence-corrected chi connectivity index (χ3v) is 4.97. The maximum Gasteiger partial charge on any atom is 0.255 e. The summed E-state index contributed by atoms with van der Waals surface area (Å²) in [5, 5.41) is 0. The first-order valence-corrected chi connectivity index (χ1v) is 9.96. The smallest absolute Gasteiger partial charge is 0.255 e. The third kappa shape index (κ3) is 5.90. The molecule has 0 saturated heterocycles. The van der Waals surface area contributed by atoms with Gasteiger partial charge in [-0.05, 0) is 55.8 Å². The lowest BCUT2D eigenvalue weighted by molar-refractivity contribution is 0.303. The van der Waals surface area contributed by atoms with Crippen molar-refractivity contribution < 1.29 is 0 Å². The minimum absolute atomic E-state index is 0.0398. The Kier molecular flexibility index (Phi) is 6.99. The Labute approximate surface area is 173 Å². The molecule has 3 heteroatoms. The molecule has 1 heterocycles. The van der Waals surface area contributed by atoms with Gasteiger partial charge in [0.05, 0.1) is 0 Å². The zero-order valence-corrected chi connectivity index (χ0v) is 17.3. The minimum atomic E-state index is -0.0398. The van der Waals surface area contributed by atoms with Gasteiger partial charge in [0.25, 0.3) is 5.56 Å². The standard InChI is InChI=1S/C26H28N2O/c1-21(2)27(3)18-7-10-23-13-15-25(16-14-23)28-19-17-24(20-26(28)29)12-11-22-8-5-4-6-9-22/h4-17,19-21H,18H2,1-3H3. The van der Waals surface area contributed by atoms with Gasteiger partial charge in [-0.15, -0.1) is 0 Å². The first-order chi connectivity index (χ1) is 14.0. The van der Waals surface area contributed by atoms with Crippen molar-refractivity contribution >= 4 is 18.2 Å². The van der Waals surface area contributed by atoms with Crippen LogP contribution in [0.3, 0.4) is 0 Å². The van der Waals surface area contributed by atoms with E-state index in [4.69, 9.17) is 0 Å². The molecule has 0 saturated carbocycles. The summed E-state index contributed by atoms with van der Waals surface area (Å²) in [4.78, 5) is 14.8. The van der Waals surface area contributed by atoms with E-state index in [0.29, 0.717) is 6.04 Å². The van der Waals surface area contributed by atoms with E-state index in [1.165, 1.54) is 0 Å².